The van der Waals surface area contributed by atoms with E-state index >= 15 is 0 Å². The molecule has 0 atom stereocenters. The maximum atomic E-state index is 10.8. The van der Waals surface area contributed by atoms with Gasteiger partial charge in [0.15, 0.2) is 5.75 Å². The van der Waals surface area contributed by atoms with E-state index in [2.05, 4.69) is 4.99 Å². The molecule has 0 saturated heterocycles. The molecule has 0 bridgehead atoms. The number of hydrogen-bond donors (Lipinski definition) is 2. The molecule has 6 nitrogen and oxygen atoms in total. The number of non-ortho nitro benzene ring substituents is 1. The number of nitro groups is 1. The minimum Gasteiger partial charge on any atom is -0.507 e. The Kier molecular flexibility index (Phi) is 4.80. The van der Waals surface area contributed by atoms with Gasteiger partial charge in [-0.3, -0.25) is 15.1 Å². The van der Waals surface area contributed by atoms with E-state index in [9.17, 15) is 20.3 Å². The third-order valence-corrected chi connectivity index (χ3v) is 3.76. The summed E-state index contributed by atoms with van der Waals surface area (Å²) in [6.45, 7) is 5.99. The summed E-state index contributed by atoms with van der Waals surface area (Å²) in [5.74, 6) is -0.340. The first-order valence-electron chi connectivity index (χ1n) is 7.14. The lowest BCUT2D eigenvalue weighted by atomic mass is 9.87. The summed E-state index contributed by atoms with van der Waals surface area (Å²) < 4.78 is 0. The van der Waals surface area contributed by atoms with Crippen LogP contribution < -0.4 is 0 Å². The maximum Gasteiger partial charge on any atom is 0.270 e. The molecule has 7 heteroatoms. The quantitative estimate of drug-likeness (QED) is 0.477. The van der Waals surface area contributed by atoms with Crippen LogP contribution in [0.2, 0.25) is 5.02 Å². The Bertz CT molecular complexity index is 826. The predicted octanol–water partition coefficient (Wildman–Crippen LogP) is 4.71. The van der Waals surface area contributed by atoms with Gasteiger partial charge in [-0.05, 0) is 29.2 Å². The van der Waals surface area contributed by atoms with Gasteiger partial charge >= 0.3 is 0 Å². The zero-order valence-corrected chi connectivity index (χ0v) is 14.2. The molecule has 0 amide bonds. The number of phenolic OH excluding ortho intramolecular Hbond substituents is 2. The van der Waals surface area contributed by atoms with E-state index in [1.807, 2.05) is 20.8 Å². The van der Waals surface area contributed by atoms with Crippen molar-refractivity contribution in [2.24, 2.45) is 4.99 Å². The molecule has 0 fully saturated rings. The zero-order chi connectivity index (χ0) is 18.1. The molecule has 0 aliphatic rings. The molecule has 0 saturated carbocycles. The van der Waals surface area contributed by atoms with Gasteiger partial charge in [-0.2, -0.15) is 0 Å². The lowest BCUT2D eigenvalue weighted by Gasteiger charge is -2.20. The van der Waals surface area contributed by atoms with Gasteiger partial charge < -0.3 is 10.2 Å². The molecule has 0 aliphatic heterocycles. The number of phenols is 2. The van der Waals surface area contributed by atoms with E-state index in [1.54, 1.807) is 12.1 Å². The first-order valence-corrected chi connectivity index (χ1v) is 7.52. The largest absolute Gasteiger partial charge is 0.507 e. The second-order valence-corrected chi connectivity index (χ2v) is 6.74. The lowest BCUT2D eigenvalue weighted by Crippen LogP contribution is -2.10. The lowest BCUT2D eigenvalue weighted by molar-refractivity contribution is -0.384. The van der Waals surface area contributed by atoms with E-state index in [0.29, 0.717) is 0 Å². The normalized spacial score (nSPS) is 11.8. The molecule has 2 aromatic rings. The van der Waals surface area contributed by atoms with Crippen LogP contribution in [-0.4, -0.2) is 21.4 Å². The Labute approximate surface area is 144 Å². The molecule has 0 aliphatic carbocycles. The molecule has 0 heterocycles. The maximum absolute atomic E-state index is 10.8. The van der Waals surface area contributed by atoms with Crippen LogP contribution in [0.15, 0.2) is 35.3 Å². The number of rotatable bonds is 3. The van der Waals surface area contributed by atoms with Crippen LogP contribution in [0.25, 0.3) is 0 Å². The number of benzene rings is 2. The number of hydrogen-bond acceptors (Lipinski definition) is 5. The minimum absolute atomic E-state index is 0.151. The Morgan fingerprint density at radius 1 is 1.21 bits per heavy atom. The monoisotopic (exact) mass is 348 g/mol. The smallest absolute Gasteiger partial charge is 0.270 e. The number of halogens is 1. The molecule has 24 heavy (non-hydrogen) atoms. The topological polar surface area (TPSA) is 96.0 Å². The SMILES string of the molecule is CC(C)(C)c1cc(Cl)c(O)c(N=Cc2cc([N+](=O)[O-])ccc2O)c1. The summed E-state index contributed by atoms with van der Waals surface area (Å²) in [7, 11) is 0. The number of nitro benzene ring substituents is 1. The number of nitrogens with zero attached hydrogens (tertiary/aromatic N) is 2. The van der Waals surface area contributed by atoms with Gasteiger partial charge in [0.25, 0.3) is 5.69 Å². The van der Waals surface area contributed by atoms with E-state index < -0.39 is 4.92 Å². The van der Waals surface area contributed by atoms with E-state index in [4.69, 9.17) is 11.6 Å². The first kappa shape index (κ1) is 17.7. The fourth-order valence-corrected chi connectivity index (χ4v) is 2.23. The van der Waals surface area contributed by atoms with E-state index in [-0.39, 0.29) is 38.9 Å². The first-order chi connectivity index (χ1) is 11.1. The van der Waals surface area contributed by atoms with Crippen molar-refractivity contribution in [3.63, 3.8) is 0 Å². The van der Waals surface area contributed by atoms with Crippen molar-refractivity contribution in [2.75, 3.05) is 0 Å². The molecule has 0 unspecified atom stereocenters. The molecular weight excluding hydrogens is 332 g/mol. The molecule has 0 spiro atoms. The Hall–Kier alpha value is -2.60. The molecular formula is C17H17ClN2O4. The highest BCUT2D eigenvalue weighted by atomic mass is 35.5. The van der Waals surface area contributed by atoms with Crippen LogP contribution in [-0.2, 0) is 5.41 Å². The average molecular weight is 349 g/mol. The third-order valence-electron chi connectivity index (χ3n) is 3.47. The number of aromatic hydroxyl groups is 2. The second kappa shape index (κ2) is 6.49. The molecule has 2 rings (SSSR count). The van der Waals surface area contributed by atoms with Crippen molar-refractivity contribution >= 4 is 29.2 Å². The van der Waals surface area contributed by atoms with Crippen LogP contribution in [0.5, 0.6) is 11.5 Å². The summed E-state index contributed by atoms with van der Waals surface area (Å²) in [5, 5.41) is 30.8. The molecule has 0 aromatic heterocycles. The highest BCUT2D eigenvalue weighted by molar-refractivity contribution is 6.32. The van der Waals surface area contributed by atoms with Crippen LogP contribution in [0.4, 0.5) is 11.4 Å². The van der Waals surface area contributed by atoms with Crippen LogP contribution in [0.3, 0.4) is 0 Å². The standard InChI is InChI=1S/C17H17ClN2O4/c1-17(2,3)11-7-13(18)16(22)14(8-11)19-9-10-6-12(20(23)24)4-5-15(10)21/h4-9,21-22H,1-3H3. The van der Waals surface area contributed by atoms with Crippen LogP contribution in [0.1, 0.15) is 31.9 Å². The third kappa shape index (κ3) is 3.83. The highest BCUT2D eigenvalue weighted by Crippen LogP contribution is 2.39. The molecule has 2 N–H and O–H groups in total. The number of aliphatic imine (C=N–C) groups is 1. The second-order valence-electron chi connectivity index (χ2n) is 6.33. The van der Waals surface area contributed by atoms with Gasteiger partial charge in [0, 0.05) is 23.9 Å². The fourth-order valence-electron chi connectivity index (χ4n) is 2.01. The van der Waals surface area contributed by atoms with Gasteiger partial charge in [0.2, 0.25) is 0 Å². The molecule has 2 aromatic carbocycles. The summed E-state index contributed by atoms with van der Waals surface area (Å²) in [6.07, 6.45) is 1.25. The van der Waals surface area contributed by atoms with E-state index in [0.717, 1.165) is 5.56 Å². The summed E-state index contributed by atoms with van der Waals surface area (Å²) in [6, 6.07) is 6.97. The fraction of sp³-hybridized carbons (Fsp3) is 0.235. The van der Waals surface area contributed by atoms with Crippen molar-refractivity contribution < 1.29 is 15.1 Å². The van der Waals surface area contributed by atoms with Gasteiger partial charge in [0.05, 0.1) is 9.95 Å². The Morgan fingerprint density at radius 3 is 2.46 bits per heavy atom. The van der Waals surface area contributed by atoms with E-state index in [1.165, 1.54) is 24.4 Å². The Morgan fingerprint density at radius 2 is 1.88 bits per heavy atom. The summed E-state index contributed by atoms with van der Waals surface area (Å²) in [4.78, 5) is 14.4. The van der Waals surface area contributed by atoms with Gasteiger partial charge in [-0.1, -0.05) is 32.4 Å². The van der Waals surface area contributed by atoms with Crippen molar-refractivity contribution in [3.8, 4) is 11.5 Å². The summed E-state index contributed by atoms with van der Waals surface area (Å²) in [5.41, 5.74) is 0.898. The van der Waals surface area contributed by atoms with Gasteiger partial charge in [0.1, 0.15) is 11.4 Å². The predicted molar refractivity (Wildman–Crippen MR) is 93.8 cm³/mol. The van der Waals surface area contributed by atoms with Crippen molar-refractivity contribution in [1.29, 1.82) is 0 Å². The van der Waals surface area contributed by atoms with Gasteiger partial charge in [-0.25, -0.2) is 0 Å². The van der Waals surface area contributed by atoms with Crippen molar-refractivity contribution in [2.45, 2.75) is 26.2 Å². The van der Waals surface area contributed by atoms with Crippen LogP contribution >= 0.6 is 11.6 Å². The zero-order valence-electron chi connectivity index (χ0n) is 13.4. The highest BCUT2D eigenvalue weighted by Gasteiger charge is 2.18. The molecule has 126 valence electrons. The van der Waals surface area contributed by atoms with Crippen LogP contribution in [0, 0.1) is 10.1 Å². The minimum atomic E-state index is -0.564. The summed E-state index contributed by atoms with van der Waals surface area (Å²) >= 11 is 6.04. The van der Waals surface area contributed by atoms with Crippen molar-refractivity contribution in [3.05, 3.63) is 56.6 Å². The Balaban J connectivity index is 2.48. The molecule has 0 radical (unpaired) electrons. The van der Waals surface area contributed by atoms with Crippen molar-refractivity contribution in [1.82, 2.24) is 0 Å². The van der Waals surface area contributed by atoms with Gasteiger partial charge in [-0.15, -0.1) is 0 Å². The average Bonchev–Trinajstić information content (AvgIpc) is 2.48.